The average Bonchev–Trinajstić information content (AvgIpc) is 2.93. The molecule has 0 atom stereocenters. The van der Waals surface area contributed by atoms with Crippen LogP contribution in [0, 0.1) is 0 Å². The summed E-state index contributed by atoms with van der Waals surface area (Å²) in [6.45, 7) is 2.61. The maximum Gasteiger partial charge on any atom is 0.306 e. The van der Waals surface area contributed by atoms with E-state index in [0.717, 1.165) is 28.9 Å². The third kappa shape index (κ3) is 6.54. The summed E-state index contributed by atoms with van der Waals surface area (Å²) in [7, 11) is 0. The lowest BCUT2D eigenvalue weighted by molar-refractivity contribution is -0.143. The number of Topliss-reactive ketones (excluding diaryl/α,β-unsaturated/α-hetero) is 1. The number of thioether (sulfide) groups is 1. The van der Waals surface area contributed by atoms with Crippen LogP contribution in [0.2, 0.25) is 0 Å². The monoisotopic (exact) mass is 438 g/mol. The van der Waals surface area contributed by atoms with Gasteiger partial charge in [-0.25, -0.2) is 0 Å². The Balaban J connectivity index is 1.49. The Morgan fingerprint density at radius 2 is 1.71 bits per heavy atom. The summed E-state index contributed by atoms with van der Waals surface area (Å²) in [5.41, 5.74) is 2.90. The minimum atomic E-state index is -0.323. The van der Waals surface area contributed by atoms with Gasteiger partial charge in [0.25, 0.3) is 0 Å². The van der Waals surface area contributed by atoms with Crippen molar-refractivity contribution in [3.8, 4) is 0 Å². The number of carbonyl (C=O) groups is 3. The lowest BCUT2D eigenvalue weighted by Crippen LogP contribution is -2.10. The summed E-state index contributed by atoms with van der Waals surface area (Å²) in [6.07, 6.45) is 7.03. The number of hydrogen-bond donors (Lipinski definition) is 0. The highest BCUT2D eigenvalue weighted by atomic mass is 32.2. The van der Waals surface area contributed by atoms with E-state index in [2.05, 4.69) is 6.92 Å². The molecule has 1 aliphatic rings. The molecule has 164 valence electrons. The van der Waals surface area contributed by atoms with Gasteiger partial charge in [0.05, 0.1) is 13.0 Å². The van der Waals surface area contributed by atoms with E-state index in [1.807, 2.05) is 24.3 Å². The average molecular weight is 439 g/mol. The van der Waals surface area contributed by atoms with Gasteiger partial charge in [-0.3, -0.25) is 14.4 Å². The number of ketones is 2. The molecule has 0 fully saturated rings. The third-order valence-corrected chi connectivity index (χ3v) is 6.61. The lowest BCUT2D eigenvalue weighted by Gasteiger charge is -2.08. The Morgan fingerprint density at radius 1 is 0.935 bits per heavy atom. The number of fused-ring (bicyclic) bond motifs is 2. The first kappa shape index (κ1) is 23.3. The number of hydrogen-bond acceptors (Lipinski definition) is 5. The number of carbonyl (C=O) groups excluding carboxylic acids is 3. The van der Waals surface area contributed by atoms with Gasteiger partial charge in [0.2, 0.25) is 0 Å². The highest BCUT2D eigenvalue weighted by Crippen LogP contribution is 2.34. The Labute approximate surface area is 188 Å². The molecule has 3 rings (SSSR count). The first-order valence-electron chi connectivity index (χ1n) is 11.2. The molecule has 1 aliphatic heterocycles. The zero-order valence-electron chi connectivity index (χ0n) is 18.2. The van der Waals surface area contributed by atoms with Crippen LogP contribution in [-0.2, 0) is 15.3 Å². The van der Waals surface area contributed by atoms with Gasteiger partial charge in [-0.05, 0) is 24.1 Å². The Bertz CT molecular complexity index is 935. The zero-order valence-corrected chi connectivity index (χ0v) is 19.0. The molecule has 0 saturated heterocycles. The van der Waals surface area contributed by atoms with Crippen LogP contribution in [-0.4, -0.2) is 24.1 Å². The van der Waals surface area contributed by atoms with E-state index in [1.54, 1.807) is 30.0 Å². The molecule has 0 unspecified atom stereocenters. The van der Waals surface area contributed by atoms with E-state index in [9.17, 15) is 14.4 Å². The van der Waals surface area contributed by atoms with Gasteiger partial charge >= 0.3 is 5.97 Å². The maximum absolute atomic E-state index is 12.9. The number of benzene rings is 2. The van der Waals surface area contributed by atoms with Crippen LogP contribution in [0.25, 0.3) is 0 Å². The number of rotatable bonds is 11. The van der Waals surface area contributed by atoms with Crippen molar-refractivity contribution in [3.05, 3.63) is 64.7 Å². The molecule has 4 nitrogen and oxygen atoms in total. The Morgan fingerprint density at radius 3 is 2.55 bits per heavy atom. The molecule has 0 radical (unpaired) electrons. The van der Waals surface area contributed by atoms with Gasteiger partial charge in [0, 0.05) is 33.8 Å². The number of esters is 1. The lowest BCUT2D eigenvalue weighted by atomic mass is 9.97. The normalized spacial score (nSPS) is 12.6. The van der Waals surface area contributed by atoms with E-state index in [0.29, 0.717) is 23.5 Å². The van der Waals surface area contributed by atoms with Crippen LogP contribution in [0.1, 0.15) is 90.1 Å². The SMILES string of the molecule is CCCCCCCCOC(=O)CCC(=O)c1ccc2c(c1)SCc1ccccc1C2=O. The standard InChI is InChI=1S/C26H30O4S/c1-2-3-4-5-6-9-16-30-25(28)15-14-23(27)19-12-13-22-24(17-19)31-18-20-10-7-8-11-21(20)26(22)29/h7-8,10-13,17H,2-6,9,14-16,18H2,1H3. The second kappa shape index (κ2) is 11.8. The Hall–Kier alpha value is -2.40. The maximum atomic E-state index is 12.9. The van der Waals surface area contributed by atoms with Crippen molar-refractivity contribution in [1.29, 1.82) is 0 Å². The predicted octanol–water partition coefficient (Wildman–Crippen LogP) is 6.39. The molecule has 0 aliphatic carbocycles. The fraction of sp³-hybridized carbons (Fsp3) is 0.423. The summed E-state index contributed by atoms with van der Waals surface area (Å²) in [4.78, 5) is 38.2. The van der Waals surface area contributed by atoms with Crippen molar-refractivity contribution in [3.63, 3.8) is 0 Å². The fourth-order valence-corrected chi connectivity index (χ4v) is 4.76. The van der Waals surface area contributed by atoms with Crippen LogP contribution in [0.15, 0.2) is 47.4 Å². The molecule has 2 aromatic rings. The van der Waals surface area contributed by atoms with E-state index < -0.39 is 0 Å². The second-order valence-electron chi connectivity index (χ2n) is 7.90. The predicted molar refractivity (Wildman–Crippen MR) is 124 cm³/mol. The zero-order chi connectivity index (χ0) is 22.1. The molecule has 0 spiro atoms. The van der Waals surface area contributed by atoms with Gasteiger partial charge in [-0.2, -0.15) is 0 Å². The third-order valence-electron chi connectivity index (χ3n) is 5.51. The molecule has 1 heterocycles. The highest BCUT2D eigenvalue weighted by Gasteiger charge is 2.22. The van der Waals surface area contributed by atoms with E-state index in [4.69, 9.17) is 4.74 Å². The van der Waals surface area contributed by atoms with Gasteiger partial charge < -0.3 is 4.74 Å². The first-order valence-corrected chi connectivity index (χ1v) is 12.2. The molecule has 0 amide bonds. The number of unbranched alkanes of at least 4 members (excludes halogenated alkanes) is 5. The van der Waals surface area contributed by atoms with Crippen molar-refractivity contribution < 1.29 is 19.1 Å². The smallest absolute Gasteiger partial charge is 0.306 e. The van der Waals surface area contributed by atoms with Crippen molar-refractivity contribution in [1.82, 2.24) is 0 Å². The first-order chi connectivity index (χ1) is 15.1. The summed E-state index contributed by atoms with van der Waals surface area (Å²) >= 11 is 1.57. The van der Waals surface area contributed by atoms with E-state index >= 15 is 0 Å². The second-order valence-corrected chi connectivity index (χ2v) is 8.91. The van der Waals surface area contributed by atoms with E-state index in [1.165, 1.54) is 25.7 Å². The largest absolute Gasteiger partial charge is 0.466 e. The highest BCUT2D eigenvalue weighted by molar-refractivity contribution is 7.98. The van der Waals surface area contributed by atoms with Crippen molar-refractivity contribution in [2.24, 2.45) is 0 Å². The molecule has 0 bridgehead atoms. The van der Waals surface area contributed by atoms with Crippen molar-refractivity contribution in [2.45, 2.75) is 68.9 Å². The van der Waals surface area contributed by atoms with Crippen molar-refractivity contribution >= 4 is 29.3 Å². The van der Waals surface area contributed by atoms with Crippen LogP contribution in [0.5, 0.6) is 0 Å². The van der Waals surface area contributed by atoms with E-state index in [-0.39, 0.29) is 30.4 Å². The number of ether oxygens (including phenoxy) is 1. The summed E-state index contributed by atoms with van der Waals surface area (Å²) in [5.74, 6) is 0.260. The molecular formula is C26H30O4S. The minimum Gasteiger partial charge on any atom is -0.466 e. The minimum absolute atomic E-state index is 0.00660. The molecule has 0 saturated carbocycles. The Kier molecular flexibility index (Phi) is 8.89. The topological polar surface area (TPSA) is 60.4 Å². The van der Waals surface area contributed by atoms with Crippen LogP contribution in [0.3, 0.4) is 0 Å². The van der Waals surface area contributed by atoms with Crippen molar-refractivity contribution in [2.75, 3.05) is 6.61 Å². The van der Waals surface area contributed by atoms with Crippen LogP contribution in [0.4, 0.5) is 0 Å². The van der Waals surface area contributed by atoms with Crippen LogP contribution >= 0.6 is 11.8 Å². The van der Waals surface area contributed by atoms with Crippen LogP contribution < -0.4 is 0 Å². The molecule has 0 N–H and O–H groups in total. The van der Waals surface area contributed by atoms with Gasteiger partial charge in [0.15, 0.2) is 11.6 Å². The van der Waals surface area contributed by atoms with Gasteiger partial charge in [0.1, 0.15) is 0 Å². The summed E-state index contributed by atoms with van der Waals surface area (Å²) in [6, 6.07) is 12.8. The fourth-order valence-electron chi connectivity index (χ4n) is 3.67. The summed E-state index contributed by atoms with van der Waals surface area (Å²) < 4.78 is 5.25. The van der Waals surface area contributed by atoms with Gasteiger partial charge in [-0.1, -0.05) is 69.4 Å². The van der Waals surface area contributed by atoms with Gasteiger partial charge in [-0.15, -0.1) is 11.8 Å². The molecule has 0 aromatic heterocycles. The molecule has 5 heteroatoms. The summed E-state index contributed by atoms with van der Waals surface area (Å²) in [5, 5.41) is 0. The quantitative estimate of drug-likeness (QED) is 0.231. The molecular weight excluding hydrogens is 408 g/mol. The molecule has 31 heavy (non-hydrogen) atoms. The molecule has 2 aromatic carbocycles.